The van der Waals surface area contributed by atoms with E-state index in [2.05, 4.69) is 150 Å². The van der Waals surface area contributed by atoms with Gasteiger partial charge in [0.2, 0.25) is 0 Å². The topological polar surface area (TPSA) is 16.1 Å². The van der Waals surface area contributed by atoms with Crippen molar-refractivity contribution in [3.05, 3.63) is 146 Å². The van der Waals surface area contributed by atoms with Crippen molar-refractivity contribution in [3.8, 4) is 11.1 Å². The predicted octanol–water partition coefficient (Wildman–Crippen LogP) is 12.1. The van der Waals surface area contributed by atoms with E-state index in [4.69, 9.17) is 4.98 Å². The number of benzene rings is 6. The molecule has 0 radical (unpaired) electrons. The van der Waals surface area contributed by atoms with Crippen LogP contribution in [-0.2, 0) is 0 Å². The van der Waals surface area contributed by atoms with Gasteiger partial charge >= 0.3 is 0 Å². The lowest BCUT2D eigenvalue weighted by atomic mass is 10.0. The maximum atomic E-state index is 5.12. The molecule has 0 unspecified atom stereocenters. The molecule has 43 heavy (non-hydrogen) atoms. The predicted molar refractivity (Wildman–Crippen MR) is 188 cm³/mol. The van der Waals surface area contributed by atoms with Crippen LogP contribution >= 0.6 is 22.7 Å². The first-order chi connectivity index (χ1) is 21.3. The number of fused-ring (bicyclic) bond motifs is 7. The summed E-state index contributed by atoms with van der Waals surface area (Å²) in [5.74, 6) is 0. The second-order valence-electron chi connectivity index (χ2n) is 10.8. The number of nitrogens with zero attached hydrogens (tertiary/aromatic N) is 2. The lowest BCUT2D eigenvalue weighted by Crippen LogP contribution is -2.09. The third-order valence-corrected chi connectivity index (χ3v) is 10.5. The van der Waals surface area contributed by atoms with Crippen molar-refractivity contribution in [3.63, 3.8) is 0 Å². The minimum absolute atomic E-state index is 1.03. The zero-order valence-corrected chi connectivity index (χ0v) is 24.7. The number of thiophene rings is 2. The Bertz CT molecular complexity index is 2450. The van der Waals surface area contributed by atoms with Crippen molar-refractivity contribution in [1.29, 1.82) is 0 Å². The summed E-state index contributed by atoms with van der Waals surface area (Å²) < 4.78 is 5.08. The molecule has 0 atom stereocenters. The maximum absolute atomic E-state index is 5.12. The van der Waals surface area contributed by atoms with Crippen molar-refractivity contribution in [2.75, 3.05) is 4.90 Å². The first-order valence-corrected chi connectivity index (χ1v) is 16.0. The van der Waals surface area contributed by atoms with E-state index < -0.39 is 0 Å². The quantitative estimate of drug-likeness (QED) is 0.205. The highest BCUT2D eigenvalue weighted by molar-refractivity contribution is 7.26. The lowest BCUT2D eigenvalue weighted by molar-refractivity contribution is 1.30. The van der Waals surface area contributed by atoms with Gasteiger partial charge in [-0.15, -0.1) is 22.7 Å². The Kier molecular flexibility index (Phi) is 5.58. The number of rotatable bonds is 4. The van der Waals surface area contributed by atoms with Crippen LogP contribution in [0.1, 0.15) is 0 Å². The Morgan fingerprint density at radius 1 is 0.419 bits per heavy atom. The molecule has 0 saturated carbocycles. The van der Waals surface area contributed by atoms with Gasteiger partial charge in [-0.05, 0) is 71.8 Å². The van der Waals surface area contributed by atoms with Crippen LogP contribution in [0.4, 0.5) is 17.1 Å². The summed E-state index contributed by atoms with van der Waals surface area (Å²) in [6.45, 7) is 0. The fourth-order valence-corrected chi connectivity index (χ4v) is 8.37. The molecule has 0 bridgehead atoms. The second-order valence-corrected chi connectivity index (χ2v) is 13.0. The largest absolute Gasteiger partial charge is 0.310 e. The molecular formula is C39H24N2S2. The fourth-order valence-electron chi connectivity index (χ4n) is 6.15. The number of anilines is 3. The summed E-state index contributed by atoms with van der Waals surface area (Å²) in [6.07, 6.45) is 0. The Labute approximate surface area is 256 Å². The van der Waals surface area contributed by atoms with Crippen molar-refractivity contribution in [2.45, 2.75) is 0 Å². The molecule has 3 aromatic heterocycles. The van der Waals surface area contributed by atoms with E-state index in [-0.39, 0.29) is 0 Å². The standard InChI is InChI=1S/C39H24N2S2/c1-2-8-25(9-3-1)26-14-16-28(17-15-26)41(30-18-20-32-31-11-5-7-13-35(31)42-37(32)24-30)29-19-21-36-33(23-29)39-38(43-36)22-27-10-4-6-12-34(27)40-39/h1-24H. The zero-order valence-electron chi connectivity index (χ0n) is 23.1. The van der Waals surface area contributed by atoms with Gasteiger partial charge in [0.25, 0.3) is 0 Å². The zero-order chi connectivity index (χ0) is 28.3. The minimum Gasteiger partial charge on any atom is -0.310 e. The smallest absolute Gasteiger partial charge is 0.0896 e. The van der Waals surface area contributed by atoms with Gasteiger partial charge in [0.1, 0.15) is 0 Å². The molecule has 0 aliphatic carbocycles. The van der Waals surface area contributed by atoms with Gasteiger partial charge in [0.15, 0.2) is 0 Å². The molecular weight excluding hydrogens is 561 g/mol. The van der Waals surface area contributed by atoms with Crippen LogP contribution in [0, 0.1) is 0 Å². The first-order valence-electron chi connectivity index (χ1n) is 14.4. The third-order valence-electron chi connectivity index (χ3n) is 8.24. The highest BCUT2D eigenvalue weighted by Crippen LogP contribution is 2.43. The molecule has 6 aromatic carbocycles. The van der Waals surface area contributed by atoms with Crippen LogP contribution < -0.4 is 4.90 Å². The van der Waals surface area contributed by atoms with Gasteiger partial charge in [0.05, 0.1) is 15.7 Å². The molecule has 0 aliphatic rings. The molecule has 4 heteroatoms. The second kappa shape index (κ2) is 9.77. The minimum atomic E-state index is 1.03. The van der Waals surface area contributed by atoms with E-state index in [1.165, 1.54) is 51.5 Å². The number of pyridine rings is 1. The number of hydrogen-bond donors (Lipinski definition) is 0. The van der Waals surface area contributed by atoms with Crippen LogP contribution in [0.5, 0.6) is 0 Å². The van der Waals surface area contributed by atoms with E-state index in [1.54, 1.807) is 0 Å². The van der Waals surface area contributed by atoms with Crippen LogP contribution in [0.25, 0.3) is 62.5 Å². The number of aromatic nitrogens is 1. The lowest BCUT2D eigenvalue weighted by Gasteiger charge is -2.26. The molecule has 0 saturated heterocycles. The number of hydrogen-bond acceptors (Lipinski definition) is 4. The maximum Gasteiger partial charge on any atom is 0.0896 e. The van der Waals surface area contributed by atoms with Crippen molar-refractivity contribution in [2.24, 2.45) is 0 Å². The molecule has 9 aromatic rings. The average molecular weight is 585 g/mol. The van der Waals surface area contributed by atoms with Gasteiger partial charge < -0.3 is 4.90 Å². The van der Waals surface area contributed by atoms with Crippen LogP contribution in [0.15, 0.2) is 146 Å². The monoisotopic (exact) mass is 584 g/mol. The van der Waals surface area contributed by atoms with E-state index in [9.17, 15) is 0 Å². The highest BCUT2D eigenvalue weighted by Gasteiger charge is 2.17. The van der Waals surface area contributed by atoms with Crippen molar-refractivity contribution < 1.29 is 0 Å². The molecule has 202 valence electrons. The summed E-state index contributed by atoms with van der Waals surface area (Å²) >= 11 is 3.67. The molecule has 0 amide bonds. The Morgan fingerprint density at radius 2 is 1.07 bits per heavy atom. The van der Waals surface area contributed by atoms with Crippen molar-refractivity contribution in [1.82, 2.24) is 4.98 Å². The fraction of sp³-hybridized carbons (Fsp3) is 0. The molecule has 9 rings (SSSR count). The van der Waals surface area contributed by atoms with Gasteiger partial charge in [0, 0.05) is 52.7 Å². The first kappa shape index (κ1) is 24.6. The SMILES string of the molecule is c1ccc(-c2ccc(N(c3ccc4c(c3)sc3ccccc34)c3ccc4sc5cc6ccccc6nc5c4c3)cc2)cc1. The van der Waals surface area contributed by atoms with Crippen LogP contribution in [-0.4, -0.2) is 4.98 Å². The van der Waals surface area contributed by atoms with E-state index in [0.717, 1.165) is 28.1 Å². The third kappa shape index (κ3) is 4.10. The number of para-hydroxylation sites is 1. The van der Waals surface area contributed by atoms with Gasteiger partial charge in [-0.2, -0.15) is 0 Å². The highest BCUT2D eigenvalue weighted by atomic mass is 32.1. The Balaban J connectivity index is 1.24. The van der Waals surface area contributed by atoms with E-state index >= 15 is 0 Å². The summed E-state index contributed by atoms with van der Waals surface area (Å²) in [7, 11) is 0. The van der Waals surface area contributed by atoms with Gasteiger partial charge in [-0.25, -0.2) is 4.98 Å². The normalized spacial score (nSPS) is 11.7. The van der Waals surface area contributed by atoms with E-state index in [0.29, 0.717) is 0 Å². The summed E-state index contributed by atoms with van der Waals surface area (Å²) in [5, 5.41) is 4.99. The molecule has 0 N–H and O–H groups in total. The average Bonchev–Trinajstić information content (AvgIpc) is 3.61. The summed E-state index contributed by atoms with van der Waals surface area (Å²) in [6, 6.07) is 52.5. The van der Waals surface area contributed by atoms with Crippen molar-refractivity contribution >= 4 is 91.1 Å². The van der Waals surface area contributed by atoms with Crippen LogP contribution in [0.2, 0.25) is 0 Å². The Morgan fingerprint density at radius 3 is 1.98 bits per heavy atom. The summed E-state index contributed by atoms with van der Waals surface area (Å²) in [4.78, 5) is 7.49. The molecule has 3 heterocycles. The Hall–Kier alpha value is -5.03. The summed E-state index contributed by atoms with van der Waals surface area (Å²) in [5.41, 5.74) is 7.91. The van der Waals surface area contributed by atoms with Gasteiger partial charge in [-0.1, -0.05) is 84.9 Å². The molecule has 0 fully saturated rings. The molecule has 0 aliphatic heterocycles. The molecule has 2 nitrogen and oxygen atoms in total. The van der Waals surface area contributed by atoms with Crippen LogP contribution in [0.3, 0.4) is 0 Å². The van der Waals surface area contributed by atoms with Gasteiger partial charge in [-0.3, -0.25) is 0 Å². The molecule has 0 spiro atoms. The van der Waals surface area contributed by atoms with E-state index in [1.807, 2.05) is 22.7 Å².